The number of benzene rings is 1. The number of rotatable bonds is 11. The smallest absolute Gasteiger partial charge is 0.418 e. The average Bonchev–Trinajstić information content (AvgIpc) is 2.80. The first-order chi connectivity index (χ1) is 16.4. The molecule has 192 valence electrons. The Morgan fingerprint density at radius 3 is 2.09 bits per heavy atom. The molecular formula is C23H33N5O7. The third-order valence-corrected chi connectivity index (χ3v) is 4.62. The predicted octanol–water partition coefficient (Wildman–Crippen LogP) is 1.02. The highest BCUT2D eigenvalue weighted by Gasteiger charge is 2.44. The lowest BCUT2D eigenvalue weighted by Gasteiger charge is -2.30. The fourth-order valence-electron chi connectivity index (χ4n) is 2.77. The average molecular weight is 492 g/mol. The number of nitrogens with two attached hydrogens (primary N) is 2. The van der Waals surface area contributed by atoms with E-state index >= 15 is 0 Å². The number of Topliss-reactive ketones (excluding diaryl/α,β-unsaturated/α-hetero) is 1. The first-order valence-corrected chi connectivity index (χ1v) is 10.8. The lowest BCUT2D eigenvalue weighted by molar-refractivity contribution is -0.154. The van der Waals surface area contributed by atoms with Crippen molar-refractivity contribution >= 4 is 36.3 Å². The molecular weight excluding hydrogens is 458 g/mol. The van der Waals surface area contributed by atoms with Crippen LogP contribution in [0.15, 0.2) is 30.3 Å². The number of carbonyl (C=O) groups excluding carboxylic acids is 4. The van der Waals surface area contributed by atoms with Gasteiger partial charge in [-0.2, -0.15) is 4.79 Å². The number of carboxylic acid groups (broad SMARTS) is 1. The Bertz CT molecular complexity index is 914. The SMILES string of the molecule is CC(C)CC(N)C(=O)C(C(=O)O)N(C(=O)OCc1ccccc1)C(=O)C(N)C(C)C.[N-]=[N+]=CC=O. The Labute approximate surface area is 203 Å². The number of amides is 2. The van der Waals surface area contributed by atoms with Crippen LogP contribution in [0.1, 0.15) is 39.7 Å². The van der Waals surface area contributed by atoms with Crippen LogP contribution in [0.4, 0.5) is 4.79 Å². The summed E-state index contributed by atoms with van der Waals surface area (Å²) in [6.07, 6.45) is 0.0670. The summed E-state index contributed by atoms with van der Waals surface area (Å²) in [5, 5.41) is 9.68. The molecule has 0 saturated heterocycles. The minimum Gasteiger partial charge on any atom is -0.479 e. The number of hydrogen-bond donors (Lipinski definition) is 3. The van der Waals surface area contributed by atoms with Crippen LogP contribution >= 0.6 is 0 Å². The minimum atomic E-state index is -2.13. The Kier molecular flexibility index (Phi) is 14.3. The standard InChI is InChI=1S/C21H31N3O6.C2H2N2O/c1-12(2)10-15(22)18(25)17(20(27)28)24(19(26)16(23)13(3)4)21(29)30-11-14-8-6-5-7-9-14;3-4-1-2-5/h5-9,12-13,15-17H,10-11,22-23H2,1-4H3,(H,27,28);1-2H. The second-order valence-electron chi connectivity index (χ2n) is 8.30. The summed E-state index contributed by atoms with van der Waals surface area (Å²) in [7, 11) is 0. The highest BCUT2D eigenvalue weighted by Crippen LogP contribution is 2.16. The molecule has 12 nitrogen and oxygen atoms in total. The Morgan fingerprint density at radius 2 is 1.69 bits per heavy atom. The minimum absolute atomic E-state index is 0.00509. The van der Waals surface area contributed by atoms with E-state index in [0.717, 1.165) is 6.21 Å². The normalized spacial score (nSPS) is 12.8. The molecule has 12 heteroatoms. The number of carbonyl (C=O) groups is 5. The summed E-state index contributed by atoms with van der Waals surface area (Å²) in [5.74, 6) is -4.06. The molecule has 0 heterocycles. The zero-order chi connectivity index (χ0) is 27.1. The molecule has 35 heavy (non-hydrogen) atoms. The summed E-state index contributed by atoms with van der Waals surface area (Å²) < 4.78 is 5.14. The van der Waals surface area contributed by atoms with Crippen LogP contribution in [0.5, 0.6) is 0 Å². The Morgan fingerprint density at radius 1 is 1.11 bits per heavy atom. The summed E-state index contributed by atoms with van der Waals surface area (Å²) in [6.45, 7) is 6.69. The van der Waals surface area contributed by atoms with Gasteiger partial charge >= 0.3 is 18.3 Å². The van der Waals surface area contributed by atoms with E-state index in [1.165, 1.54) is 0 Å². The van der Waals surface area contributed by atoms with E-state index in [0.29, 0.717) is 16.7 Å². The quantitative estimate of drug-likeness (QED) is 0.132. The fourth-order valence-corrected chi connectivity index (χ4v) is 2.77. The van der Waals surface area contributed by atoms with Crippen LogP contribution in [0.3, 0.4) is 0 Å². The van der Waals surface area contributed by atoms with Crippen molar-refractivity contribution in [1.29, 1.82) is 0 Å². The largest absolute Gasteiger partial charge is 0.479 e. The first-order valence-electron chi connectivity index (χ1n) is 10.8. The third-order valence-electron chi connectivity index (χ3n) is 4.62. The number of aliphatic carboxylic acids is 1. The van der Waals surface area contributed by atoms with Gasteiger partial charge in [-0.15, -0.1) is 0 Å². The van der Waals surface area contributed by atoms with Crippen molar-refractivity contribution in [3.63, 3.8) is 0 Å². The molecule has 0 aromatic heterocycles. The van der Waals surface area contributed by atoms with Gasteiger partial charge < -0.3 is 26.8 Å². The van der Waals surface area contributed by atoms with Crippen LogP contribution in [0.2, 0.25) is 0 Å². The molecule has 0 aliphatic heterocycles. The number of imide groups is 1. The van der Waals surface area contributed by atoms with Gasteiger partial charge in [-0.05, 0) is 23.8 Å². The van der Waals surface area contributed by atoms with Gasteiger partial charge in [-0.3, -0.25) is 14.4 Å². The number of aldehydes is 1. The third kappa shape index (κ3) is 10.8. The summed E-state index contributed by atoms with van der Waals surface area (Å²) in [5.41, 5.74) is 19.8. The highest BCUT2D eigenvalue weighted by atomic mass is 16.6. The van der Waals surface area contributed by atoms with Crippen molar-refractivity contribution in [2.24, 2.45) is 23.3 Å². The molecule has 0 aliphatic carbocycles. The van der Waals surface area contributed by atoms with E-state index in [1.807, 2.05) is 13.8 Å². The second-order valence-corrected chi connectivity index (χ2v) is 8.30. The highest BCUT2D eigenvalue weighted by molar-refractivity contribution is 6.12. The molecule has 0 saturated carbocycles. The van der Waals surface area contributed by atoms with Gasteiger partial charge in [0, 0.05) is 0 Å². The van der Waals surface area contributed by atoms with Crippen molar-refractivity contribution in [3.05, 3.63) is 41.4 Å². The molecule has 1 aromatic rings. The lowest BCUT2D eigenvalue weighted by atomic mass is 9.95. The first kappa shape index (κ1) is 31.3. The summed E-state index contributed by atoms with van der Waals surface area (Å²) >= 11 is 0. The lowest BCUT2D eigenvalue weighted by Crippen LogP contribution is -2.60. The van der Waals surface area contributed by atoms with Gasteiger partial charge in [0.15, 0.2) is 11.8 Å². The summed E-state index contributed by atoms with van der Waals surface area (Å²) in [6, 6.07) is 4.13. The number of ether oxygens (including phenoxy) is 1. The van der Waals surface area contributed by atoms with Crippen LogP contribution in [-0.2, 0) is 30.5 Å². The van der Waals surface area contributed by atoms with Gasteiger partial charge in [0.25, 0.3) is 0 Å². The number of hydrogen-bond acceptors (Lipinski definition) is 8. The van der Waals surface area contributed by atoms with E-state index in [2.05, 4.69) is 4.79 Å². The van der Waals surface area contributed by atoms with Gasteiger partial charge in [-0.1, -0.05) is 58.0 Å². The molecule has 0 bridgehead atoms. The molecule has 0 fully saturated rings. The predicted molar refractivity (Wildman–Crippen MR) is 126 cm³/mol. The van der Waals surface area contributed by atoms with Crippen LogP contribution in [-0.4, -0.2) is 69.2 Å². The molecule has 1 aromatic carbocycles. The van der Waals surface area contributed by atoms with Crippen LogP contribution < -0.4 is 11.5 Å². The van der Waals surface area contributed by atoms with Crippen molar-refractivity contribution in [3.8, 4) is 0 Å². The maximum Gasteiger partial charge on any atom is 0.418 e. The zero-order valence-electron chi connectivity index (χ0n) is 20.2. The molecule has 5 N–H and O–H groups in total. The molecule has 1 rings (SSSR count). The van der Waals surface area contributed by atoms with Gasteiger partial charge in [0.1, 0.15) is 6.61 Å². The van der Waals surface area contributed by atoms with Crippen LogP contribution in [0, 0.1) is 11.8 Å². The number of ketones is 1. The van der Waals surface area contributed by atoms with Crippen molar-refractivity contribution in [2.45, 2.75) is 58.8 Å². The Balaban J connectivity index is 0.00000209. The molecule has 0 aliphatic rings. The van der Waals surface area contributed by atoms with E-state index in [4.69, 9.17) is 26.5 Å². The molecule has 3 atom stereocenters. The summed E-state index contributed by atoms with van der Waals surface area (Å²) in [4.78, 5) is 62.1. The maximum absolute atomic E-state index is 12.9. The van der Waals surface area contributed by atoms with Crippen molar-refractivity contribution in [1.82, 2.24) is 4.90 Å². The fraction of sp³-hybridized carbons (Fsp3) is 0.478. The monoisotopic (exact) mass is 491 g/mol. The van der Waals surface area contributed by atoms with Gasteiger partial charge in [-0.25, -0.2) is 14.5 Å². The molecule has 2 amide bonds. The van der Waals surface area contributed by atoms with E-state index < -0.39 is 47.8 Å². The Hall–Kier alpha value is -3.73. The van der Waals surface area contributed by atoms with E-state index in [1.54, 1.807) is 44.2 Å². The number of carboxylic acids is 1. The molecule has 0 radical (unpaired) electrons. The van der Waals surface area contributed by atoms with E-state index in [-0.39, 0.29) is 18.9 Å². The second kappa shape index (κ2) is 16.0. The van der Waals surface area contributed by atoms with Crippen molar-refractivity contribution in [2.75, 3.05) is 0 Å². The zero-order valence-corrected chi connectivity index (χ0v) is 20.2. The van der Waals surface area contributed by atoms with Gasteiger partial charge in [0.05, 0.1) is 12.1 Å². The topological polar surface area (TPSA) is 206 Å². The van der Waals surface area contributed by atoms with Gasteiger partial charge in [0.2, 0.25) is 12.2 Å². The maximum atomic E-state index is 12.9. The number of nitrogens with zero attached hydrogens (tertiary/aromatic N) is 3. The molecule has 0 spiro atoms. The van der Waals surface area contributed by atoms with Crippen molar-refractivity contribution < 1.29 is 38.6 Å². The van der Waals surface area contributed by atoms with E-state index in [9.17, 15) is 24.3 Å². The molecule has 3 unspecified atom stereocenters. The van der Waals surface area contributed by atoms with Crippen LogP contribution in [0.25, 0.3) is 5.53 Å².